The zero-order chi connectivity index (χ0) is 52.5. The topological polar surface area (TPSA) is 6.48 Å². The molecule has 0 atom stereocenters. The van der Waals surface area contributed by atoms with Gasteiger partial charge < -0.3 is 9.80 Å². The van der Waals surface area contributed by atoms with E-state index < -0.39 is 6.85 Å². The number of rotatable bonds is 2. The van der Waals surface area contributed by atoms with Crippen LogP contribution in [0.2, 0.25) is 0 Å². The smallest absolute Gasteiger partial charge is 0.252 e. The van der Waals surface area contributed by atoms with Crippen LogP contribution in [0.3, 0.4) is 0 Å². The van der Waals surface area contributed by atoms with E-state index in [1.165, 1.54) is 89.0 Å². The van der Waals surface area contributed by atoms with Gasteiger partial charge in [-0.15, -0.1) is 0 Å². The largest absolute Gasteiger partial charge is 0.311 e. The Kier molecular flexibility index (Phi) is 8.49. The predicted octanol–water partition coefficient (Wildman–Crippen LogP) is 16.3. The molecule has 70 heavy (non-hydrogen) atoms. The van der Waals surface area contributed by atoms with Crippen LogP contribution in [0.1, 0.15) is 210 Å². The molecule has 6 aromatic carbocycles. The molecule has 0 aromatic heterocycles. The Morgan fingerprint density at radius 1 is 0.471 bits per heavy atom. The predicted molar refractivity (Wildman–Crippen MR) is 303 cm³/mol. The minimum Gasteiger partial charge on any atom is -0.311 e. The minimum absolute atomic E-state index is 0.0233. The van der Waals surface area contributed by atoms with Crippen LogP contribution in [0.4, 0.5) is 34.1 Å². The van der Waals surface area contributed by atoms with Gasteiger partial charge in [-0.25, -0.2) is 0 Å². The number of nitrogens with zero attached hydrogens (tertiary/aromatic N) is 2. The summed E-state index contributed by atoms with van der Waals surface area (Å²) in [6.45, 7) is 38.5. The van der Waals surface area contributed by atoms with E-state index >= 15 is 0 Å². The van der Waals surface area contributed by atoms with Gasteiger partial charge >= 0.3 is 0 Å². The Bertz CT molecular complexity index is 3400. The molecule has 0 spiro atoms. The van der Waals surface area contributed by atoms with E-state index in [0.717, 1.165) is 54.9 Å². The third kappa shape index (κ3) is 6.17. The molecule has 2 nitrogen and oxygen atoms in total. The monoisotopic (exact) mass is 926 g/mol. The maximum absolute atomic E-state index is 9.36. The second-order valence-electron chi connectivity index (χ2n) is 28.5. The lowest BCUT2D eigenvalue weighted by Gasteiger charge is -2.48. The highest BCUT2D eigenvalue weighted by Crippen LogP contribution is 2.60. The molecule has 0 fully saturated rings. The zero-order valence-corrected chi connectivity index (χ0v) is 45.7. The molecule has 2 heterocycles. The number of fused-ring (bicyclic) bond motifs is 10. The van der Waals surface area contributed by atoms with Crippen molar-refractivity contribution in [1.82, 2.24) is 0 Å². The summed E-state index contributed by atoms with van der Waals surface area (Å²) in [5, 5.41) is 0. The standard InChI is InChI=1S/C67H79BN2/c1-39-31-55-59-56(32-39)70(52-26-25-44(60(2,3)4)57-41-21-19-20-22-42(41)67(17,18)58(52)57)54-37-49-47(65(13,14)38-66(49,15)16)35-51(54)68(59)50-34-46-48(64(11,12)30-29-63(46,9)10)36-53(50)69(55)40-23-24-43-45(33-40)62(7,8)28-27-61(43,5)6/h19-26,31-37H,27-30,38H2,1-18H3/i1D3. The fourth-order valence-corrected chi connectivity index (χ4v) is 15.5. The van der Waals surface area contributed by atoms with Gasteiger partial charge in [0.25, 0.3) is 6.71 Å². The van der Waals surface area contributed by atoms with Crippen LogP contribution in [0.15, 0.2) is 91.0 Å². The second kappa shape index (κ2) is 13.9. The van der Waals surface area contributed by atoms with E-state index in [1.807, 2.05) is 0 Å². The summed E-state index contributed by atoms with van der Waals surface area (Å²) in [6.07, 6.45) is 5.52. The molecule has 2 aliphatic heterocycles. The average Bonchev–Trinajstić information content (AvgIpc) is 3.64. The summed E-state index contributed by atoms with van der Waals surface area (Å²) in [7, 11) is 0. The third-order valence-electron chi connectivity index (χ3n) is 19.3. The number of benzene rings is 6. The third-order valence-corrected chi connectivity index (χ3v) is 19.3. The van der Waals surface area contributed by atoms with E-state index in [4.69, 9.17) is 0 Å². The summed E-state index contributed by atoms with van der Waals surface area (Å²) >= 11 is 0. The summed E-state index contributed by atoms with van der Waals surface area (Å²) in [4.78, 5) is 5.08. The highest BCUT2D eigenvalue weighted by atomic mass is 15.2. The Morgan fingerprint density at radius 3 is 1.56 bits per heavy atom. The lowest BCUT2D eigenvalue weighted by Crippen LogP contribution is -2.62. The van der Waals surface area contributed by atoms with E-state index in [0.29, 0.717) is 5.56 Å². The molecule has 360 valence electrons. The molecule has 0 amide bonds. The lowest BCUT2D eigenvalue weighted by atomic mass is 9.32. The maximum Gasteiger partial charge on any atom is 0.252 e. The van der Waals surface area contributed by atoms with Gasteiger partial charge in [0, 0.05) is 38.0 Å². The normalized spacial score (nSPS) is 22.2. The number of hydrogen-bond donors (Lipinski definition) is 0. The molecule has 0 saturated heterocycles. The summed E-state index contributed by atoms with van der Waals surface area (Å²) < 4.78 is 28.1. The molecule has 0 unspecified atom stereocenters. The number of anilines is 6. The van der Waals surface area contributed by atoms with Crippen LogP contribution in [0.25, 0.3) is 11.1 Å². The first-order valence-corrected chi connectivity index (χ1v) is 26.8. The second-order valence-corrected chi connectivity index (χ2v) is 28.5. The van der Waals surface area contributed by atoms with Crippen molar-refractivity contribution in [3.05, 3.63) is 147 Å². The van der Waals surface area contributed by atoms with E-state index in [1.54, 1.807) is 0 Å². The van der Waals surface area contributed by atoms with Gasteiger partial charge in [0.15, 0.2) is 0 Å². The summed E-state index contributed by atoms with van der Waals surface area (Å²) in [5.74, 6) is 0. The van der Waals surface area contributed by atoms with Crippen molar-refractivity contribution in [3.8, 4) is 11.1 Å². The highest BCUT2D eigenvalue weighted by molar-refractivity contribution is 7.00. The molecule has 6 aliphatic rings. The molecule has 12 rings (SSSR count). The molecule has 0 bridgehead atoms. The highest BCUT2D eigenvalue weighted by Gasteiger charge is 2.51. The van der Waals surface area contributed by atoms with Gasteiger partial charge in [-0.05, 0) is 202 Å². The van der Waals surface area contributed by atoms with Crippen molar-refractivity contribution in [2.24, 2.45) is 0 Å². The Hall–Kier alpha value is -5.02. The van der Waals surface area contributed by atoms with Crippen molar-refractivity contribution in [1.29, 1.82) is 0 Å². The summed E-state index contributed by atoms with van der Waals surface area (Å²) in [6, 6.07) is 35.7. The van der Waals surface area contributed by atoms with Crippen molar-refractivity contribution >= 4 is 57.2 Å². The number of hydrogen-bond acceptors (Lipinski definition) is 2. The first-order chi connectivity index (χ1) is 33.7. The lowest BCUT2D eigenvalue weighted by molar-refractivity contribution is 0.332. The van der Waals surface area contributed by atoms with Gasteiger partial charge in [-0.3, -0.25) is 0 Å². The van der Waals surface area contributed by atoms with Gasteiger partial charge in [-0.2, -0.15) is 0 Å². The van der Waals surface area contributed by atoms with Crippen LogP contribution in [0.5, 0.6) is 0 Å². The van der Waals surface area contributed by atoms with Crippen LogP contribution < -0.4 is 26.2 Å². The van der Waals surface area contributed by atoms with Gasteiger partial charge in [0.2, 0.25) is 0 Å². The van der Waals surface area contributed by atoms with E-state index in [-0.39, 0.29) is 50.0 Å². The molecule has 0 radical (unpaired) electrons. The van der Waals surface area contributed by atoms with Crippen LogP contribution in [-0.4, -0.2) is 6.71 Å². The Morgan fingerprint density at radius 2 is 0.971 bits per heavy atom. The minimum atomic E-state index is -2.37. The van der Waals surface area contributed by atoms with Crippen molar-refractivity contribution in [2.45, 2.75) is 200 Å². The Labute approximate surface area is 427 Å². The van der Waals surface area contributed by atoms with Crippen LogP contribution in [0, 0.1) is 6.85 Å². The van der Waals surface area contributed by atoms with Crippen LogP contribution >= 0.6 is 0 Å². The van der Waals surface area contributed by atoms with Gasteiger partial charge in [0.1, 0.15) is 0 Å². The Balaban J connectivity index is 1.26. The fraction of sp³-hybridized carbons (Fsp3) is 0.463. The fourth-order valence-electron chi connectivity index (χ4n) is 15.5. The zero-order valence-electron chi connectivity index (χ0n) is 48.7. The van der Waals surface area contributed by atoms with E-state index in [9.17, 15) is 4.11 Å². The molecule has 0 N–H and O–H groups in total. The van der Waals surface area contributed by atoms with Gasteiger partial charge in [-0.1, -0.05) is 166 Å². The molecule has 4 aliphatic carbocycles. The molecular weight excluding hydrogens is 844 g/mol. The van der Waals surface area contributed by atoms with Crippen molar-refractivity contribution < 1.29 is 4.11 Å². The van der Waals surface area contributed by atoms with Crippen molar-refractivity contribution in [2.75, 3.05) is 9.80 Å². The van der Waals surface area contributed by atoms with Crippen LogP contribution in [-0.2, 0) is 43.3 Å². The quantitative estimate of drug-likeness (QED) is 0.159. The van der Waals surface area contributed by atoms with Gasteiger partial charge in [0.05, 0.1) is 5.69 Å². The average molecular weight is 926 g/mol. The molecular formula is C67H79BN2. The molecule has 3 heteroatoms. The van der Waals surface area contributed by atoms with E-state index in [2.05, 4.69) is 218 Å². The SMILES string of the molecule is [2H]C([2H])([2H])c1cc2c3c(c1)N(c1ccc(C(C)(C)C)c4c1C(C)(C)c1ccccc1-4)c1cc4c(cc1B3c1cc3c(cc1N2c1ccc2c(c1)C(C)(C)CCC2(C)C)C(C)(C)CCC3(C)C)C(C)(C)CC4(C)C. The summed E-state index contributed by atoms with van der Waals surface area (Å²) in [5.41, 5.74) is 25.2. The first kappa shape index (κ1) is 42.6. The maximum atomic E-state index is 9.36. The first-order valence-electron chi connectivity index (χ1n) is 28.3. The molecule has 6 aromatic rings. The van der Waals surface area contributed by atoms with Crippen molar-refractivity contribution in [3.63, 3.8) is 0 Å². The molecule has 0 saturated carbocycles. The number of aryl methyl sites for hydroxylation is 1.